The van der Waals surface area contributed by atoms with Crippen molar-refractivity contribution in [2.45, 2.75) is 46.9 Å². The first-order valence-corrected chi connectivity index (χ1v) is 7.73. The van der Waals surface area contributed by atoms with Gasteiger partial charge < -0.3 is 15.0 Å². The van der Waals surface area contributed by atoms with E-state index in [1.165, 1.54) is 4.88 Å². The highest BCUT2D eigenvalue weighted by molar-refractivity contribution is 7.15. The summed E-state index contributed by atoms with van der Waals surface area (Å²) in [6.45, 7) is 11.3. The van der Waals surface area contributed by atoms with Gasteiger partial charge in [-0.25, -0.2) is 4.98 Å². The summed E-state index contributed by atoms with van der Waals surface area (Å²) in [7, 11) is 3.84. The Bertz CT molecular complexity index is 379. The molecule has 1 aromatic heterocycles. The highest BCUT2D eigenvalue weighted by Crippen LogP contribution is 2.28. The Kier molecular flexibility index (Phi) is 6.75. The average Bonchev–Trinajstić information content (AvgIpc) is 2.78. The van der Waals surface area contributed by atoms with Crippen LogP contribution in [0.1, 0.15) is 38.3 Å². The molecule has 19 heavy (non-hydrogen) atoms. The summed E-state index contributed by atoms with van der Waals surface area (Å²) in [5.41, 5.74) is 1.06. The van der Waals surface area contributed by atoms with Crippen LogP contribution in [0.2, 0.25) is 0 Å². The first kappa shape index (κ1) is 16.4. The van der Waals surface area contributed by atoms with Crippen molar-refractivity contribution in [2.75, 3.05) is 25.6 Å². The Hall–Kier alpha value is -0.650. The molecule has 1 heterocycles. The fourth-order valence-electron chi connectivity index (χ4n) is 1.77. The summed E-state index contributed by atoms with van der Waals surface area (Å²) in [5, 5.41) is 4.45. The van der Waals surface area contributed by atoms with Crippen molar-refractivity contribution in [1.29, 1.82) is 0 Å². The van der Waals surface area contributed by atoms with E-state index < -0.39 is 0 Å². The minimum absolute atomic E-state index is 0.480. The second kappa shape index (κ2) is 7.82. The zero-order chi connectivity index (χ0) is 14.4. The van der Waals surface area contributed by atoms with Crippen molar-refractivity contribution < 1.29 is 4.74 Å². The first-order valence-electron chi connectivity index (χ1n) is 6.92. The number of hydrogen-bond donors (Lipinski definition) is 1. The van der Waals surface area contributed by atoms with Crippen molar-refractivity contribution in [1.82, 2.24) is 10.3 Å². The maximum absolute atomic E-state index is 5.25. The van der Waals surface area contributed by atoms with Crippen molar-refractivity contribution in [3.63, 3.8) is 0 Å². The molecule has 0 amide bonds. The molecule has 0 aliphatic carbocycles. The van der Waals surface area contributed by atoms with Crippen LogP contribution in [-0.4, -0.2) is 31.7 Å². The summed E-state index contributed by atoms with van der Waals surface area (Å²) in [6.07, 6.45) is 0. The second-order valence-corrected chi connectivity index (χ2v) is 6.24. The smallest absolute Gasteiger partial charge is 0.185 e. The molecular weight excluding hydrogens is 258 g/mol. The molecule has 1 aromatic rings. The van der Waals surface area contributed by atoms with Crippen LogP contribution < -0.4 is 10.2 Å². The zero-order valence-electron chi connectivity index (χ0n) is 13.0. The molecule has 1 rings (SSSR count). The summed E-state index contributed by atoms with van der Waals surface area (Å²) in [6, 6.07) is 0.480. The van der Waals surface area contributed by atoms with Crippen LogP contribution in [0.25, 0.3) is 0 Å². The Balaban J connectivity index is 2.89. The van der Waals surface area contributed by atoms with Gasteiger partial charge in [0.05, 0.1) is 12.3 Å². The largest absolute Gasteiger partial charge is 0.378 e. The molecule has 0 fully saturated rings. The van der Waals surface area contributed by atoms with E-state index in [9.17, 15) is 0 Å². The third-order valence-electron chi connectivity index (χ3n) is 3.46. The molecule has 0 bridgehead atoms. The molecular formula is C14H27N3OS. The lowest BCUT2D eigenvalue weighted by molar-refractivity contribution is 0.181. The molecule has 0 saturated carbocycles. The van der Waals surface area contributed by atoms with Gasteiger partial charge in [0, 0.05) is 31.6 Å². The van der Waals surface area contributed by atoms with Gasteiger partial charge in [-0.15, -0.1) is 11.3 Å². The lowest BCUT2D eigenvalue weighted by Gasteiger charge is -2.27. The number of aromatic nitrogens is 1. The number of rotatable bonds is 8. The fraction of sp³-hybridized carbons (Fsp3) is 0.786. The van der Waals surface area contributed by atoms with E-state index in [1.807, 2.05) is 0 Å². The monoisotopic (exact) mass is 285 g/mol. The Labute approximate surface area is 121 Å². The lowest BCUT2D eigenvalue weighted by Crippen LogP contribution is -2.33. The van der Waals surface area contributed by atoms with Crippen molar-refractivity contribution in [3.05, 3.63) is 10.6 Å². The van der Waals surface area contributed by atoms with Crippen molar-refractivity contribution in [2.24, 2.45) is 5.92 Å². The van der Waals surface area contributed by atoms with E-state index in [2.05, 4.69) is 45.0 Å². The summed E-state index contributed by atoms with van der Waals surface area (Å²) < 4.78 is 5.25. The van der Waals surface area contributed by atoms with Crippen LogP contribution in [-0.2, 0) is 17.9 Å². The van der Waals surface area contributed by atoms with E-state index in [0.717, 1.165) is 23.9 Å². The van der Waals surface area contributed by atoms with Gasteiger partial charge in [-0.05, 0) is 19.4 Å². The van der Waals surface area contributed by atoms with Crippen LogP contribution in [0.4, 0.5) is 5.13 Å². The molecule has 5 heteroatoms. The molecule has 4 nitrogen and oxygen atoms in total. The molecule has 0 radical (unpaired) electrons. The molecule has 0 saturated heterocycles. The van der Waals surface area contributed by atoms with Gasteiger partial charge in [0.25, 0.3) is 0 Å². The third-order valence-corrected chi connectivity index (χ3v) is 4.65. The molecule has 0 aliphatic heterocycles. The highest BCUT2D eigenvalue weighted by Gasteiger charge is 2.19. The Morgan fingerprint density at radius 1 is 1.37 bits per heavy atom. The number of thiazole rings is 1. The van der Waals surface area contributed by atoms with Gasteiger partial charge in [-0.3, -0.25) is 0 Å². The molecule has 0 aliphatic rings. The van der Waals surface area contributed by atoms with Gasteiger partial charge in [-0.1, -0.05) is 20.8 Å². The van der Waals surface area contributed by atoms with Crippen LogP contribution in [0.5, 0.6) is 0 Å². The molecule has 1 unspecified atom stereocenters. The van der Waals surface area contributed by atoms with Gasteiger partial charge >= 0.3 is 0 Å². The minimum Gasteiger partial charge on any atom is -0.378 e. The first-order chi connectivity index (χ1) is 9.01. The average molecular weight is 285 g/mol. The van der Waals surface area contributed by atoms with Crippen molar-refractivity contribution in [3.8, 4) is 0 Å². The van der Waals surface area contributed by atoms with Gasteiger partial charge in [0.2, 0.25) is 0 Å². The van der Waals surface area contributed by atoms with Gasteiger partial charge in [0.15, 0.2) is 5.13 Å². The lowest BCUT2D eigenvalue weighted by atomic mass is 10.1. The minimum atomic E-state index is 0.480. The van der Waals surface area contributed by atoms with Crippen molar-refractivity contribution >= 4 is 16.5 Å². The van der Waals surface area contributed by atoms with Gasteiger partial charge in [-0.2, -0.15) is 0 Å². The zero-order valence-corrected chi connectivity index (χ0v) is 13.8. The van der Waals surface area contributed by atoms with E-state index in [4.69, 9.17) is 9.72 Å². The topological polar surface area (TPSA) is 37.4 Å². The standard InChI is InChI=1S/C14H27N3OS/c1-7-15-8-13-12(9-18-6)16-14(19-13)17(5)11(4)10(2)3/h10-11,15H,7-9H2,1-6H3. The summed E-state index contributed by atoms with van der Waals surface area (Å²) in [5.74, 6) is 0.608. The summed E-state index contributed by atoms with van der Waals surface area (Å²) >= 11 is 1.77. The van der Waals surface area contributed by atoms with E-state index in [1.54, 1.807) is 18.4 Å². The maximum atomic E-state index is 5.25. The molecule has 0 aromatic carbocycles. The Morgan fingerprint density at radius 3 is 2.58 bits per heavy atom. The predicted octanol–water partition coefficient (Wildman–Crippen LogP) is 2.88. The molecule has 1 N–H and O–H groups in total. The predicted molar refractivity (Wildman–Crippen MR) is 82.9 cm³/mol. The fourth-order valence-corrected chi connectivity index (χ4v) is 2.85. The number of methoxy groups -OCH3 is 1. The van der Waals surface area contributed by atoms with E-state index in [-0.39, 0.29) is 0 Å². The molecule has 1 atom stereocenters. The van der Waals surface area contributed by atoms with Gasteiger partial charge in [0.1, 0.15) is 0 Å². The number of hydrogen-bond acceptors (Lipinski definition) is 5. The van der Waals surface area contributed by atoms with Crippen LogP contribution in [0, 0.1) is 5.92 Å². The third kappa shape index (κ3) is 4.44. The number of nitrogens with zero attached hydrogens (tertiary/aromatic N) is 2. The van der Waals surface area contributed by atoms with Crippen LogP contribution in [0.3, 0.4) is 0 Å². The van der Waals surface area contributed by atoms with Crippen LogP contribution >= 0.6 is 11.3 Å². The second-order valence-electron chi connectivity index (χ2n) is 5.18. The quantitative estimate of drug-likeness (QED) is 0.797. The molecule has 0 spiro atoms. The maximum Gasteiger partial charge on any atom is 0.185 e. The SMILES string of the molecule is CCNCc1sc(N(C)C(C)C(C)C)nc1COC. The Morgan fingerprint density at radius 2 is 2.05 bits per heavy atom. The van der Waals surface area contributed by atoms with E-state index in [0.29, 0.717) is 18.6 Å². The normalized spacial score (nSPS) is 13.0. The molecule has 110 valence electrons. The number of nitrogens with one attached hydrogen (secondary N) is 1. The number of anilines is 1. The highest BCUT2D eigenvalue weighted by atomic mass is 32.1. The van der Waals surface area contributed by atoms with Crippen LogP contribution in [0.15, 0.2) is 0 Å². The van der Waals surface area contributed by atoms with E-state index >= 15 is 0 Å². The number of ether oxygens (including phenoxy) is 1. The summed E-state index contributed by atoms with van der Waals surface area (Å²) in [4.78, 5) is 8.28.